The molecule has 0 fully saturated rings. The summed E-state index contributed by atoms with van der Waals surface area (Å²) in [4.78, 5) is 0. The van der Waals surface area contributed by atoms with E-state index in [1.54, 1.807) is 7.11 Å². The molecule has 1 aromatic heterocycles. The van der Waals surface area contributed by atoms with Crippen LogP contribution in [0.15, 0.2) is 28.7 Å². The molecule has 5 nitrogen and oxygen atoms in total. The first kappa shape index (κ1) is 14.5. The maximum Gasteiger partial charge on any atom is 0.220 e. The number of aromatic nitrogens is 2. The fourth-order valence-corrected chi connectivity index (χ4v) is 1.92. The molecule has 5 heteroatoms. The van der Waals surface area contributed by atoms with E-state index in [1.807, 2.05) is 24.3 Å². The third-order valence-corrected chi connectivity index (χ3v) is 3.02. The SMILES string of the molecule is CCNCCCc1nnc(Cc2ccc(OC)cc2)o1. The summed E-state index contributed by atoms with van der Waals surface area (Å²) in [7, 11) is 1.66. The van der Waals surface area contributed by atoms with Gasteiger partial charge in [0.1, 0.15) is 5.75 Å². The smallest absolute Gasteiger partial charge is 0.220 e. The van der Waals surface area contributed by atoms with Crippen LogP contribution in [0.1, 0.15) is 30.7 Å². The first-order chi connectivity index (χ1) is 9.81. The van der Waals surface area contributed by atoms with Crippen LogP contribution in [0.25, 0.3) is 0 Å². The van der Waals surface area contributed by atoms with Gasteiger partial charge >= 0.3 is 0 Å². The fourth-order valence-electron chi connectivity index (χ4n) is 1.92. The zero-order valence-electron chi connectivity index (χ0n) is 12.1. The molecule has 0 aliphatic heterocycles. The van der Waals surface area contributed by atoms with Crippen LogP contribution in [-0.2, 0) is 12.8 Å². The Morgan fingerprint density at radius 1 is 1.15 bits per heavy atom. The third-order valence-electron chi connectivity index (χ3n) is 3.02. The van der Waals surface area contributed by atoms with Crippen LogP contribution in [0.2, 0.25) is 0 Å². The molecule has 0 aliphatic rings. The molecule has 2 rings (SSSR count). The van der Waals surface area contributed by atoms with Crippen LogP contribution in [0.3, 0.4) is 0 Å². The number of rotatable bonds is 8. The van der Waals surface area contributed by atoms with E-state index in [2.05, 4.69) is 22.4 Å². The topological polar surface area (TPSA) is 60.2 Å². The molecule has 108 valence electrons. The summed E-state index contributed by atoms with van der Waals surface area (Å²) >= 11 is 0. The van der Waals surface area contributed by atoms with Crippen LogP contribution in [0, 0.1) is 0 Å². The molecule has 0 spiro atoms. The second kappa shape index (κ2) is 7.65. The van der Waals surface area contributed by atoms with Crippen molar-refractivity contribution in [3.05, 3.63) is 41.6 Å². The van der Waals surface area contributed by atoms with Crippen molar-refractivity contribution >= 4 is 0 Å². The van der Waals surface area contributed by atoms with E-state index in [0.717, 1.165) is 37.2 Å². The maximum absolute atomic E-state index is 5.64. The Labute approximate surface area is 119 Å². The largest absolute Gasteiger partial charge is 0.497 e. The highest BCUT2D eigenvalue weighted by Crippen LogP contribution is 2.14. The van der Waals surface area contributed by atoms with Gasteiger partial charge in [-0.15, -0.1) is 10.2 Å². The fraction of sp³-hybridized carbons (Fsp3) is 0.467. The number of hydrogen-bond acceptors (Lipinski definition) is 5. The summed E-state index contributed by atoms with van der Waals surface area (Å²) in [6.45, 7) is 4.07. The number of nitrogens with zero attached hydrogens (tertiary/aromatic N) is 2. The molecule has 0 radical (unpaired) electrons. The summed E-state index contributed by atoms with van der Waals surface area (Å²) in [6, 6.07) is 7.88. The average Bonchev–Trinajstić information content (AvgIpc) is 2.92. The Kier molecular flexibility index (Phi) is 5.55. The van der Waals surface area contributed by atoms with Gasteiger partial charge in [0.15, 0.2) is 0 Å². The Balaban J connectivity index is 1.85. The molecule has 0 saturated heterocycles. The highest BCUT2D eigenvalue weighted by molar-refractivity contribution is 5.28. The number of ether oxygens (including phenoxy) is 1. The first-order valence-electron chi connectivity index (χ1n) is 6.96. The van der Waals surface area contributed by atoms with Gasteiger partial charge < -0.3 is 14.5 Å². The zero-order valence-corrected chi connectivity index (χ0v) is 12.1. The van der Waals surface area contributed by atoms with Crippen molar-refractivity contribution in [3.8, 4) is 5.75 Å². The van der Waals surface area contributed by atoms with Crippen LogP contribution in [0.4, 0.5) is 0 Å². The molecule has 0 bridgehead atoms. The molecule has 0 saturated carbocycles. The second-order valence-corrected chi connectivity index (χ2v) is 4.57. The van der Waals surface area contributed by atoms with Gasteiger partial charge in [0.05, 0.1) is 13.5 Å². The van der Waals surface area contributed by atoms with Crippen molar-refractivity contribution in [2.24, 2.45) is 0 Å². The minimum atomic E-state index is 0.657. The Bertz CT molecular complexity index is 508. The minimum Gasteiger partial charge on any atom is -0.497 e. The van der Waals surface area contributed by atoms with Crippen LogP contribution in [0.5, 0.6) is 5.75 Å². The van der Waals surface area contributed by atoms with E-state index in [-0.39, 0.29) is 0 Å². The summed E-state index contributed by atoms with van der Waals surface area (Å²) in [5.41, 5.74) is 1.13. The van der Waals surface area contributed by atoms with E-state index in [4.69, 9.17) is 9.15 Å². The number of aryl methyl sites for hydroxylation is 1. The van der Waals surface area contributed by atoms with Gasteiger partial charge in [-0.05, 0) is 37.2 Å². The van der Waals surface area contributed by atoms with Crippen molar-refractivity contribution in [1.82, 2.24) is 15.5 Å². The maximum atomic E-state index is 5.64. The second-order valence-electron chi connectivity index (χ2n) is 4.57. The summed E-state index contributed by atoms with van der Waals surface area (Å²) in [6.07, 6.45) is 2.49. The van der Waals surface area contributed by atoms with Crippen LogP contribution >= 0.6 is 0 Å². The normalized spacial score (nSPS) is 10.7. The van der Waals surface area contributed by atoms with Gasteiger partial charge in [0, 0.05) is 6.42 Å². The van der Waals surface area contributed by atoms with Crippen LogP contribution in [-0.4, -0.2) is 30.4 Å². The Hall–Kier alpha value is -1.88. The molecule has 0 amide bonds. The molecule has 0 aliphatic carbocycles. The van der Waals surface area contributed by atoms with Crippen molar-refractivity contribution in [3.63, 3.8) is 0 Å². The van der Waals surface area contributed by atoms with E-state index >= 15 is 0 Å². The lowest BCUT2D eigenvalue weighted by molar-refractivity contribution is 0.414. The van der Waals surface area contributed by atoms with E-state index in [0.29, 0.717) is 18.2 Å². The molecular formula is C15H21N3O2. The highest BCUT2D eigenvalue weighted by atomic mass is 16.5. The number of hydrogen-bond donors (Lipinski definition) is 1. The van der Waals surface area contributed by atoms with Gasteiger partial charge in [-0.3, -0.25) is 0 Å². The quantitative estimate of drug-likeness (QED) is 0.748. The van der Waals surface area contributed by atoms with Gasteiger partial charge in [0.25, 0.3) is 0 Å². The van der Waals surface area contributed by atoms with E-state index < -0.39 is 0 Å². The molecule has 1 heterocycles. The van der Waals surface area contributed by atoms with E-state index in [1.165, 1.54) is 0 Å². The summed E-state index contributed by atoms with van der Waals surface area (Å²) in [5, 5.41) is 11.4. The van der Waals surface area contributed by atoms with Crippen molar-refractivity contribution in [1.29, 1.82) is 0 Å². The number of nitrogens with one attached hydrogen (secondary N) is 1. The highest BCUT2D eigenvalue weighted by Gasteiger charge is 2.07. The Morgan fingerprint density at radius 2 is 1.90 bits per heavy atom. The number of methoxy groups -OCH3 is 1. The van der Waals surface area contributed by atoms with Gasteiger partial charge in [-0.25, -0.2) is 0 Å². The Morgan fingerprint density at radius 3 is 2.60 bits per heavy atom. The summed E-state index contributed by atoms with van der Waals surface area (Å²) < 4.78 is 10.8. The predicted octanol–water partition coefficient (Wildman–Crippen LogP) is 2.21. The lowest BCUT2D eigenvalue weighted by Crippen LogP contribution is -2.14. The van der Waals surface area contributed by atoms with Gasteiger partial charge in [0.2, 0.25) is 11.8 Å². The van der Waals surface area contributed by atoms with Gasteiger partial charge in [-0.2, -0.15) is 0 Å². The predicted molar refractivity (Wildman–Crippen MR) is 77.0 cm³/mol. The van der Waals surface area contributed by atoms with Crippen LogP contribution < -0.4 is 10.1 Å². The molecule has 1 aromatic carbocycles. The molecule has 20 heavy (non-hydrogen) atoms. The molecule has 0 atom stereocenters. The number of benzene rings is 1. The van der Waals surface area contributed by atoms with Crippen molar-refractivity contribution in [2.45, 2.75) is 26.2 Å². The molecular weight excluding hydrogens is 254 g/mol. The first-order valence-corrected chi connectivity index (χ1v) is 6.96. The monoisotopic (exact) mass is 275 g/mol. The summed E-state index contributed by atoms with van der Waals surface area (Å²) in [5.74, 6) is 2.23. The van der Waals surface area contributed by atoms with Gasteiger partial charge in [-0.1, -0.05) is 19.1 Å². The van der Waals surface area contributed by atoms with Crippen molar-refractivity contribution in [2.75, 3.05) is 20.2 Å². The zero-order chi connectivity index (χ0) is 14.2. The van der Waals surface area contributed by atoms with Crippen molar-refractivity contribution < 1.29 is 9.15 Å². The molecule has 0 unspecified atom stereocenters. The van der Waals surface area contributed by atoms with E-state index in [9.17, 15) is 0 Å². The molecule has 1 N–H and O–H groups in total. The third kappa shape index (κ3) is 4.35. The lowest BCUT2D eigenvalue weighted by atomic mass is 10.1. The minimum absolute atomic E-state index is 0.657. The standard InChI is InChI=1S/C15H21N3O2/c1-3-16-10-4-5-14-17-18-15(20-14)11-12-6-8-13(19-2)9-7-12/h6-9,16H,3-5,10-11H2,1-2H3. The molecule has 2 aromatic rings. The lowest BCUT2D eigenvalue weighted by Gasteiger charge is -2.00. The average molecular weight is 275 g/mol.